The molecule has 35 heavy (non-hydrogen) atoms. The van der Waals surface area contributed by atoms with E-state index in [0.29, 0.717) is 27.7 Å². The topological polar surface area (TPSA) is 86.8 Å². The van der Waals surface area contributed by atoms with Crippen molar-refractivity contribution in [2.45, 2.75) is 52.7 Å². The lowest BCUT2D eigenvalue weighted by atomic mass is 10.1. The lowest BCUT2D eigenvalue weighted by molar-refractivity contribution is -0.140. The van der Waals surface area contributed by atoms with Crippen LogP contribution in [0, 0.1) is 6.92 Å². The van der Waals surface area contributed by atoms with Crippen LogP contribution in [0.3, 0.4) is 0 Å². The van der Waals surface area contributed by atoms with Gasteiger partial charge in [-0.25, -0.2) is 8.42 Å². The monoisotopic (exact) mass is 605 g/mol. The predicted molar refractivity (Wildman–Crippen MR) is 145 cm³/mol. The maximum Gasteiger partial charge on any atom is 0.244 e. The van der Waals surface area contributed by atoms with Gasteiger partial charge < -0.3 is 10.2 Å². The number of amides is 2. The highest BCUT2D eigenvalue weighted by Crippen LogP contribution is 2.27. The molecule has 0 aliphatic rings. The lowest BCUT2D eigenvalue weighted by Crippen LogP contribution is -2.53. The van der Waals surface area contributed by atoms with Crippen LogP contribution in [-0.2, 0) is 26.2 Å². The summed E-state index contributed by atoms with van der Waals surface area (Å²) in [5.41, 5.74) is 1.76. The normalized spacial score (nSPS) is 12.4. The van der Waals surface area contributed by atoms with Crippen LogP contribution in [0.15, 0.2) is 40.9 Å². The molecule has 2 aromatic carbocycles. The molecule has 2 aromatic rings. The molecule has 7 nitrogen and oxygen atoms in total. The van der Waals surface area contributed by atoms with Crippen molar-refractivity contribution in [3.8, 4) is 0 Å². The second kappa shape index (κ2) is 12.4. The minimum atomic E-state index is -3.81. The molecule has 0 fully saturated rings. The van der Waals surface area contributed by atoms with Crippen molar-refractivity contribution in [2.75, 3.05) is 17.1 Å². The van der Waals surface area contributed by atoms with E-state index in [0.717, 1.165) is 20.6 Å². The zero-order valence-corrected chi connectivity index (χ0v) is 24.2. The molecule has 192 valence electrons. The summed E-state index contributed by atoms with van der Waals surface area (Å²) in [6.45, 7) is 6.81. The molecule has 1 N–H and O–H groups in total. The van der Waals surface area contributed by atoms with Crippen LogP contribution < -0.4 is 9.62 Å². The Morgan fingerprint density at radius 3 is 2.29 bits per heavy atom. The van der Waals surface area contributed by atoms with Gasteiger partial charge in [0.05, 0.1) is 11.9 Å². The molecule has 0 saturated carbocycles. The van der Waals surface area contributed by atoms with E-state index in [-0.39, 0.29) is 18.5 Å². The fourth-order valence-corrected chi connectivity index (χ4v) is 5.09. The van der Waals surface area contributed by atoms with Crippen molar-refractivity contribution >= 4 is 66.7 Å². The van der Waals surface area contributed by atoms with Crippen molar-refractivity contribution in [3.63, 3.8) is 0 Å². The Bertz CT molecular complexity index is 1190. The van der Waals surface area contributed by atoms with Crippen LogP contribution in [0.2, 0.25) is 10.0 Å². The zero-order chi connectivity index (χ0) is 26.5. The fourth-order valence-electron chi connectivity index (χ4n) is 3.53. The molecular weight excluding hydrogens is 577 g/mol. The average molecular weight is 607 g/mol. The van der Waals surface area contributed by atoms with E-state index in [1.165, 1.54) is 4.90 Å². The Kier molecular flexibility index (Phi) is 10.4. The van der Waals surface area contributed by atoms with Crippen LogP contribution in [0.25, 0.3) is 0 Å². The predicted octanol–water partition coefficient (Wildman–Crippen LogP) is 5.16. The van der Waals surface area contributed by atoms with Gasteiger partial charge in [-0.2, -0.15) is 0 Å². The Balaban J connectivity index is 2.50. The van der Waals surface area contributed by atoms with Gasteiger partial charge in [0, 0.05) is 27.1 Å². The Morgan fingerprint density at radius 2 is 1.77 bits per heavy atom. The van der Waals surface area contributed by atoms with Crippen molar-refractivity contribution in [1.82, 2.24) is 10.2 Å². The number of carbonyl (C=O) groups excluding carboxylic acids is 2. The SMILES string of the molecule is CC[C@H](C(=O)NC(C)C)N(Cc1ccc(Cl)cc1Cl)C(=O)CN(c1ccc(Br)c(C)c1)S(C)(=O)=O. The van der Waals surface area contributed by atoms with Gasteiger partial charge in [0.15, 0.2) is 0 Å². The number of hydrogen-bond donors (Lipinski definition) is 1. The number of nitrogens with one attached hydrogen (secondary N) is 1. The second-order valence-corrected chi connectivity index (χ2v) is 12.2. The standard InChI is InChI=1S/C24H30BrCl2N3O4S/c1-6-22(24(32)28-15(2)3)29(13-17-7-8-18(26)12-21(17)27)23(31)14-30(35(5,33)34)19-9-10-20(25)16(4)11-19/h7-12,15,22H,6,13-14H2,1-5H3,(H,28,32)/t22-/m1/s1. The summed E-state index contributed by atoms with van der Waals surface area (Å²) in [6, 6.07) is 8.96. The largest absolute Gasteiger partial charge is 0.352 e. The molecule has 0 aromatic heterocycles. The molecule has 0 spiro atoms. The number of anilines is 1. The molecule has 0 bridgehead atoms. The van der Waals surface area contributed by atoms with Crippen molar-refractivity contribution in [1.29, 1.82) is 0 Å². The van der Waals surface area contributed by atoms with E-state index in [2.05, 4.69) is 21.2 Å². The number of hydrogen-bond acceptors (Lipinski definition) is 4. The zero-order valence-electron chi connectivity index (χ0n) is 20.3. The van der Waals surface area contributed by atoms with Crippen molar-refractivity contribution < 1.29 is 18.0 Å². The first-order chi connectivity index (χ1) is 16.2. The fraction of sp³-hybridized carbons (Fsp3) is 0.417. The first-order valence-corrected chi connectivity index (χ1v) is 14.4. The summed E-state index contributed by atoms with van der Waals surface area (Å²) < 4.78 is 27.2. The van der Waals surface area contributed by atoms with E-state index in [9.17, 15) is 18.0 Å². The van der Waals surface area contributed by atoms with Gasteiger partial charge in [-0.3, -0.25) is 13.9 Å². The molecule has 0 radical (unpaired) electrons. The molecule has 0 saturated heterocycles. The Labute approximate surface area is 225 Å². The third kappa shape index (κ3) is 8.10. The second-order valence-electron chi connectivity index (χ2n) is 8.55. The van der Waals surface area contributed by atoms with E-state index < -0.39 is 28.5 Å². The maximum absolute atomic E-state index is 13.7. The molecular formula is C24H30BrCl2N3O4S. The minimum Gasteiger partial charge on any atom is -0.352 e. The first kappa shape index (κ1) is 29.4. The summed E-state index contributed by atoms with van der Waals surface area (Å²) >= 11 is 15.8. The van der Waals surface area contributed by atoms with Gasteiger partial charge >= 0.3 is 0 Å². The lowest BCUT2D eigenvalue weighted by Gasteiger charge is -2.33. The average Bonchev–Trinajstić information content (AvgIpc) is 2.74. The highest BCUT2D eigenvalue weighted by Gasteiger charge is 2.32. The molecule has 0 heterocycles. The minimum absolute atomic E-state index is 0.00975. The molecule has 1 atom stereocenters. The molecule has 2 amide bonds. The first-order valence-electron chi connectivity index (χ1n) is 11.0. The number of rotatable bonds is 10. The number of nitrogens with zero attached hydrogens (tertiary/aromatic N) is 2. The molecule has 2 rings (SSSR count). The summed E-state index contributed by atoms with van der Waals surface area (Å²) in [4.78, 5) is 28.0. The van der Waals surface area contributed by atoms with Crippen molar-refractivity contribution in [3.05, 3.63) is 62.0 Å². The van der Waals surface area contributed by atoms with Gasteiger partial charge in [0.1, 0.15) is 12.6 Å². The summed E-state index contributed by atoms with van der Waals surface area (Å²) in [6.07, 6.45) is 1.37. The Morgan fingerprint density at radius 1 is 1.11 bits per heavy atom. The molecule has 0 unspecified atom stereocenters. The van der Waals surface area contributed by atoms with Crippen LogP contribution >= 0.6 is 39.1 Å². The van der Waals surface area contributed by atoms with E-state index in [4.69, 9.17) is 23.2 Å². The molecule has 0 aliphatic carbocycles. The number of sulfonamides is 1. The molecule has 0 aliphatic heterocycles. The van der Waals surface area contributed by atoms with E-state index in [1.54, 1.807) is 43.3 Å². The van der Waals surface area contributed by atoms with Crippen LogP contribution in [0.5, 0.6) is 0 Å². The van der Waals surface area contributed by atoms with Gasteiger partial charge in [-0.15, -0.1) is 0 Å². The maximum atomic E-state index is 13.7. The summed E-state index contributed by atoms with van der Waals surface area (Å²) in [7, 11) is -3.81. The highest BCUT2D eigenvalue weighted by molar-refractivity contribution is 9.10. The summed E-state index contributed by atoms with van der Waals surface area (Å²) in [5, 5.41) is 3.63. The van der Waals surface area contributed by atoms with E-state index in [1.807, 2.05) is 20.8 Å². The van der Waals surface area contributed by atoms with E-state index >= 15 is 0 Å². The highest BCUT2D eigenvalue weighted by atomic mass is 79.9. The van der Waals surface area contributed by atoms with Gasteiger partial charge in [0.2, 0.25) is 21.8 Å². The van der Waals surface area contributed by atoms with Gasteiger partial charge in [-0.05, 0) is 68.7 Å². The number of aryl methyl sites for hydroxylation is 1. The van der Waals surface area contributed by atoms with Crippen LogP contribution in [0.4, 0.5) is 5.69 Å². The number of benzene rings is 2. The van der Waals surface area contributed by atoms with Gasteiger partial charge in [0.25, 0.3) is 0 Å². The quantitative estimate of drug-likeness (QED) is 0.405. The van der Waals surface area contributed by atoms with Crippen LogP contribution in [0.1, 0.15) is 38.3 Å². The smallest absolute Gasteiger partial charge is 0.244 e. The summed E-state index contributed by atoms with van der Waals surface area (Å²) in [5.74, 6) is -0.862. The van der Waals surface area contributed by atoms with Crippen LogP contribution in [-0.4, -0.2) is 50.0 Å². The molecule has 11 heteroatoms. The Hall–Kier alpha value is -1.81. The number of carbonyl (C=O) groups is 2. The number of halogens is 3. The van der Waals surface area contributed by atoms with Crippen molar-refractivity contribution in [2.24, 2.45) is 0 Å². The van der Waals surface area contributed by atoms with Gasteiger partial charge in [-0.1, -0.05) is 52.1 Å². The third-order valence-corrected chi connectivity index (χ3v) is 7.90. The third-order valence-electron chi connectivity index (χ3n) is 5.28.